The second-order valence-corrected chi connectivity index (χ2v) is 7.29. The molecule has 2 saturated heterocycles. The maximum absolute atomic E-state index is 11.3. The average molecular weight is 246 g/mol. The molecule has 16 heavy (non-hydrogen) atoms. The third-order valence-corrected chi connectivity index (χ3v) is 5.69. The molecule has 0 aromatic carbocycles. The second kappa shape index (κ2) is 5.02. The van der Waals surface area contributed by atoms with Crippen LogP contribution in [-0.4, -0.2) is 57.0 Å². The highest BCUT2D eigenvalue weighted by molar-refractivity contribution is 7.91. The van der Waals surface area contributed by atoms with Crippen molar-refractivity contribution in [1.29, 1.82) is 0 Å². The Morgan fingerprint density at radius 2 is 1.62 bits per heavy atom. The number of likely N-dealkylation sites (tertiary alicyclic amines) is 1. The Morgan fingerprint density at radius 1 is 1.06 bits per heavy atom. The Hall–Kier alpha value is -0.130. The van der Waals surface area contributed by atoms with Crippen LogP contribution in [-0.2, 0) is 9.84 Å². The molecule has 4 nitrogen and oxygen atoms in total. The van der Waals surface area contributed by atoms with Crippen LogP contribution in [0.1, 0.15) is 25.7 Å². The van der Waals surface area contributed by atoms with Crippen LogP contribution < -0.4 is 5.32 Å². The number of sulfone groups is 1. The Labute approximate surface area is 98.3 Å². The van der Waals surface area contributed by atoms with Crippen molar-refractivity contribution in [2.24, 2.45) is 0 Å². The monoisotopic (exact) mass is 246 g/mol. The molecule has 94 valence electrons. The van der Waals surface area contributed by atoms with E-state index in [9.17, 15) is 8.42 Å². The van der Waals surface area contributed by atoms with E-state index in [1.165, 1.54) is 12.8 Å². The molecule has 2 fully saturated rings. The SMILES string of the molecule is CNC1CCN(C2CCS(=O)(=O)CC2)CC1. The summed E-state index contributed by atoms with van der Waals surface area (Å²) in [7, 11) is -0.687. The summed E-state index contributed by atoms with van der Waals surface area (Å²) >= 11 is 0. The van der Waals surface area contributed by atoms with Crippen molar-refractivity contribution in [2.45, 2.75) is 37.8 Å². The van der Waals surface area contributed by atoms with E-state index in [0.29, 0.717) is 23.6 Å². The van der Waals surface area contributed by atoms with Crippen LogP contribution in [0, 0.1) is 0 Å². The van der Waals surface area contributed by atoms with Gasteiger partial charge in [0.05, 0.1) is 11.5 Å². The first-order chi connectivity index (χ1) is 7.61. The van der Waals surface area contributed by atoms with Crippen LogP contribution in [0.4, 0.5) is 0 Å². The number of nitrogens with one attached hydrogen (secondary N) is 1. The van der Waals surface area contributed by atoms with Gasteiger partial charge in [0, 0.05) is 12.1 Å². The molecule has 0 aromatic heterocycles. The first-order valence-electron chi connectivity index (χ1n) is 6.22. The molecule has 0 aromatic rings. The fraction of sp³-hybridized carbons (Fsp3) is 1.00. The molecule has 2 heterocycles. The van der Waals surface area contributed by atoms with E-state index >= 15 is 0 Å². The number of hydrogen-bond donors (Lipinski definition) is 1. The summed E-state index contributed by atoms with van der Waals surface area (Å²) in [6, 6.07) is 1.17. The predicted octanol–water partition coefficient (Wildman–Crippen LogP) is 0.247. The van der Waals surface area contributed by atoms with Crippen molar-refractivity contribution < 1.29 is 8.42 Å². The van der Waals surface area contributed by atoms with Gasteiger partial charge in [-0.2, -0.15) is 0 Å². The maximum atomic E-state index is 11.3. The van der Waals surface area contributed by atoms with E-state index in [4.69, 9.17) is 0 Å². The third kappa shape index (κ3) is 2.96. The van der Waals surface area contributed by atoms with Crippen molar-refractivity contribution in [3.05, 3.63) is 0 Å². The molecule has 2 aliphatic heterocycles. The maximum Gasteiger partial charge on any atom is 0.150 e. The highest BCUT2D eigenvalue weighted by Gasteiger charge is 2.29. The molecule has 2 rings (SSSR count). The summed E-state index contributed by atoms with van der Waals surface area (Å²) in [5, 5.41) is 3.32. The normalized spacial score (nSPS) is 29.3. The summed E-state index contributed by atoms with van der Waals surface area (Å²) in [5.74, 6) is 0.785. The molecule has 0 unspecified atom stereocenters. The van der Waals surface area contributed by atoms with Crippen molar-refractivity contribution in [1.82, 2.24) is 10.2 Å². The van der Waals surface area contributed by atoms with Gasteiger partial charge in [-0.15, -0.1) is 0 Å². The molecule has 2 aliphatic rings. The number of nitrogens with zero attached hydrogens (tertiary/aromatic N) is 1. The third-order valence-electron chi connectivity index (χ3n) is 3.98. The standard InChI is InChI=1S/C11H22N2O2S/c1-12-10-2-6-13(7-3-10)11-4-8-16(14,15)9-5-11/h10-12H,2-9H2,1H3. The van der Waals surface area contributed by atoms with Gasteiger partial charge in [0.1, 0.15) is 9.84 Å². The van der Waals surface area contributed by atoms with E-state index in [1.54, 1.807) is 0 Å². The van der Waals surface area contributed by atoms with Crippen LogP contribution in [0.15, 0.2) is 0 Å². The van der Waals surface area contributed by atoms with Crippen molar-refractivity contribution >= 4 is 9.84 Å². The van der Waals surface area contributed by atoms with Crippen LogP contribution in [0.25, 0.3) is 0 Å². The summed E-state index contributed by atoms with van der Waals surface area (Å²) < 4.78 is 22.7. The van der Waals surface area contributed by atoms with E-state index in [-0.39, 0.29) is 0 Å². The lowest BCUT2D eigenvalue weighted by Crippen LogP contribution is -2.48. The molecule has 5 heteroatoms. The second-order valence-electron chi connectivity index (χ2n) is 4.98. The molecular formula is C11H22N2O2S. The van der Waals surface area contributed by atoms with Crippen molar-refractivity contribution in [2.75, 3.05) is 31.6 Å². The quantitative estimate of drug-likeness (QED) is 0.759. The minimum atomic E-state index is -2.71. The van der Waals surface area contributed by atoms with Gasteiger partial charge < -0.3 is 10.2 Å². The minimum absolute atomic E-state index is 0.392. The zero-order valence-electron chi connectivity index (χ0n) is 9.98. The van der Waals surface area contributed by atoms with Gasteiger partial charge in [-0.1, -0.05) is 0 Å². The average Bonchev–Trinajstić information content (AvgIpc) is 2.29. The van der Waals surface area contributed by atoms with Gasteiger partial charge in [0.2, 0.25) is 0 Å². The fourth-order valence-corrected chi connectivity index (χ4v) is 4.26. The molecule has 0 bridgehead atoms. The summed E-state index contributed by atoms with van der Waals surface area (Å²) in [6.45, 7) is 2.24. The molecule has 0 saturated carbocycles. The summed E-state index contributed by atoms with van der Waals surface area (Å²) in [6.07, 6.45) is 4.07. The molecule has 0 amide bonds. The Bertz CT molecular complexity index is 307. The van der Waals surface area contributed by atoms with Crippen LogP contribution in [0.3, 0.4) is 0 Å². The highest BCUT2D eigenvalue weighted by Crippen LogP contribution is 2.21. The zero-order valence-corrected chi connectivity index (χ0v) is 10.8. The van der Waals surface area contributed by atoms with Gasteiger partial charge in [0.15, 0.2) is 0 Å². The largest absolute Gasteiger partial charge is 0.317 e. The summed E-state index contributed by atoms with van der Waals surface area (Å²) in [5.41, 5.74) is 0. The van der Waals surface area contributed by atoms with E-state index < -0.39 is 9.84 Å². The number of piperidine rings is 1. The zero-order chi connectivity index (χ0) is 11.6. The van der Waals surface area contributed by atoms with E-state index in [0.717, 1.165) is 25.9 Å². The summed E-state index contributed by atoms with van der Waals surface area (Å²) in [4.78, 5) is 2.49. The van der Waals surface area contributed by atoms with Crippen molar-refractivity contribution in [3.63, 3.8) is 0 Å². The van der Waals surface area contributed by atoms with Gasteiger partial charge in [0.25, 0.3) is 0 Å². The van der Waals surface area contributed by atoms with E-state index in [2.05, 4.69) is 10.2 Å². The molecule has 0 atom stereocenters. The number of rotatable bonds is 2. The van der Waals surface area contributed by atoms with Gasteiger partial charge in [-0.05, 0) is 45.8 Å². The number of hydrogen-bond acceptors (Lipinski definition) is 4. The molecule has 0 aliphatic carbocycles. The van der Waals surface area contributed by atoms with Crippen molar-refractivity contribution in [3.8, 4) is 0 Å². The Morgan fingerprint density at radius 3 is 2.12 bits per heavy atom. The first-order valence-corrected chi connectivity index (χ1v) is 8.04. The predicted molar refractivity (Wildman–Crippen MR) is 65.3 cm³/mol. The van der Waals surface area contributed by atoms with Crippen LogP contribution >= 0.6 is 0 Å². The minimum Gasteiger partial charge on any atom is -0.317 e. The lowest BCUT2D eigenvalue weighted by molar-refractivity contribution is 0.137. The topological polar surface area (TPSA) is 49.4 Å². The smallest absolute Gasteiger partial charge is 0.150 e. The van der Waals surface area contributed by atoms with Gasteiger partial charge in [-0.25, -0.2) is 8.42 Å². The van der Waals surface area contributed by atoms with Gasteiger partial charge >= 0.3 is 0 Å². The lowest BCUT2D eigenvalue weighted by Gasteiger charge is -2.39. The fourth-order valence-electron chi connectivity index (χ4n) is 2.80. The molecule has 1 N–H and O–H groups in total. The molecule has 0 radical (unpaired) electrons. The Kier molecular flexibility index (Phi) is 3.87. The first kappa shape index (κ1) is 12.3. The van der Waals surface area contributed by atoms with Gasteiger partial charge in [-0.3, -0.25) is 0 Å². The molecular weight excluding hydrogens is 224 g/mol. The van der Waals surface area contributed by atoms with Crippen LogP contribution in [0.5, 0.6) is 0 Å². The lowest BCUT2D eigenvalue weighted by atomic mass is 10.0. The molecule has 0 spiro atoms. The van der Waals surface area contributed by atoms with E-state index in [1.807, 2.05) is 7.05 Å². The highest BCUT2D eigenvalue weighted by atomic mass is 32.2. The Balaban J connectivity index is 1.82. The van der Waals surface area contributed by atoms with Crippen LogP contribution in [0.2, 0.25) is 0 Å².